The van der Waals surface area contributed by atoms with Crippen LogP contribution >= 0.6 is 0 Å². The van der Waals surface area contributed by atoms with Gasteiger partial charge in [0.25, 0.3) is 5.91 Å². The fourth-order valence-corrected chi connectivity index (χ4v) is 2.43. The number of aryl methyl sites for hydroxylation is 1. The molecule has 1 N–H and O–H groups in total. The summed E-state index contributed by atoms with van der Waals surface area (Å²) in [6.45, 7) is 5.72. The highest BCUT2D eigenvalue weighted by Crippen LogP contribution is 2.12. The topological polar surface area (TPSA) is 49.4 Å². The van der Waals surface area contributed by atoms with Crippen LogP contribution in [0.2, 0.25) is 0 Å². The Bertz CT molecular complexity index is 724. The first kappa shape index (κ1) is 18.6. The smallest absolute Gasteiger partial charge is 0.254 e. The van der Waals surface area contributed by atoms with Crippen LogP contribution in [0.4, 0.5) is 10.1 Å². The molecular weight excluding hydrogens is 319 g/mol. The molecule has 0 fully saturated rings. The van der Waals surface area contributed by atoms with Crippen molar-refractivity contribution in [3.63, 3.8) is 0 Å². The Morgan fingerprint density at radius 3 is 2.16 bits per heavy atom. The molecule has 25 heavy (non-hydrogen) atoms. The molecule has 0 bridgehead atoms. The molecule has 0 radical (unpaired) electrons. The van der Waals surface area contributed by atoms with Crippen LogP contribution in [0.3, 0.4) is 0 Å². The average molecular weight is 342 g/mol. The van der Waals surface area contributed by atoms with E-state index in [1.165, 1.54) is 29.2 Å². The van der Waals surface area contributed by atoms with Crippen LogP contribution in [0.25, 0.3) is 0 Å². The molecule has 132 valence electrons. The Kier molecular flexibility index (Phi) is 6.28. The van der Waals surface area contributed by atoms with Gasteiger partial charge in [0.2, 0.25) is 5.91 Å². The first-order chi connectivity index (χ1) is 11.9. The number of halogens is 1. The molecule has 0 spiro atoms. The van der Waals surface area contributed by atoms with Gasteiger partial charge in [-0.3, -0.25) is 9.59 Å². The number of anilines is 1. The highest BCUT2D eigenvalue weighted by Gasteiger charge is 2.21. The van der Waals surface area contributed by atoms with E-state index in [1.807, 2.05) is 26.0 Å². The lowest BCUT2D eigenvalue weighted by Gasteiger charge is -2.26. The molecule has 2 aromatic carbocycles. The van der Waals surface area contributed by atoms with E-state index < -0.39 is 0 Å². The average Bonchev–Trinajstić information content (AvgIpc) is 2.61. The standard InChI is InChI=1S/C20H23FN2O2/c1-4-15-5-7-16(8-6-15)20(25)23(14(2)3)13-19(24)22-18-11-9-17(21)10-12-18/h5-12,14H,4,13H2,1-3H3,(H,22,24). The SMILES string of the molecule is CCc1ccc(C(=O)N(CC(=O)Nc2ccc(F)cc2)C(C)C)cc1. The summed E-state index contributed by atoms with van der Waals surface area (Å²) in [5.41, 5.74) is 2.21. The summed E-state index contributed by atoms with van der Waals surface area (Å²) >= 11 is 0. The predicted molar refractivity (Wildman–Crippen MR) is 97.0 cm³/mol. The first-order valence-electron chi connectivity index (χ1n) is 8.36. The predicted octanol–water partition coefficient (Wildman–Crippen LogP) is 3.88. The quantitative estimate of drug-likeness (QED) is 0.866. The van der Waals surface area contributed by atoms with Crippen LogP contribution < -0.4 is 5.32 Å². The summed E-state index contributed by atoms with van der Waals surface area (Å²) in [7, 11) is 0. The first-order valence-corrected chi connectivity index (χ1v) is 8.36. The van der Waals surface area contributed by atoms with Gasteiger partial charge in [0, 0.05) is 17.3 Å². The maximum Gasteiger partial charge on any atom is 0.254 e. The Labute approximate surface area is 147 Å². The molecule has 0 saturated heterocycles. The van der Waals surface area contributed by atoms with Gasteiger partial charge in [-0.1, -0.05) is 19.1 Å². The maximum absolute atomic E-state index is 12.9. The summed E-state index contributed by atoms with van der Waals surface area (Å²) in [6.07, 6.45) is 0.905. The van der Waals surface area contributed by atoms with Gasteiger partial charge in [-0.15, -0.1) is 0 Å². The van der Waals surface area contributed by atoms with Crippen molar-refractivity contribution in [2.24, 2.45) is 0 Å². The number of carbonyl (C=O) groups excluding carboxylic acids is 2. The molecular formula is C20H23FN2O2. The fourth-order valence-electron chi connectivity index (χ4n) is 2.43. The second-order valence-corrected chi connectivity index (χ2v) is 6.13. The zero-order valence-electron chi connectivity index (χ0n) is 14.8. The highest BCUT2D eigenvalue weighted by atomic mass is 19.1. The Morgan fingerprint density at radius 2 is 1.64 bits per heavy atom. The number of rotatable bonds is 6. The van der Waals surface area contributed by atoms with E-state index in [0.717, 1.165) is 12.0 Å². The molecule has 0 aliphatic rings. The van der Waals surface area contributed by atoms with Gasteiger partial charge in [0.05, 0.1) is 0 Å². The number of nitrogens with zero attached hydrogens (tertiary/aromatic N) is 1. The van der Waals surface area contributed by atoms with Crippen LogP contribution in [-0.2, 0) is 11.2 Å². The minimum Gasteiger partial charge on any atom is -0.327 e. The highest BCUT2D eigenvalue weighted by molar-refractivity contribution is 5.99. The van der Waals surface area contributed by atoms with Crippen molar-refractivity contribution in [1.29, 1.82) is 0 Å². The molecule has 0 aromatic heterocycles. The second kappa shape index (κ2) is 8.42. The molecule has 0 heterocycles. The third kappa shape index (κ3) is 5.14. The monoisotopic (exact) mass is 342 g/mol. The summed E-state index contributed by atoms with van der Waals surface area (Å²) < 4.78 is 12.9. The molecule has 0 unspecified atom stereocenters. The molecule has 5 heteroatoms. The van der Waals surface area contributed by atoms with E-state index in [0.29, 0.717) is 11.3 Å². The van der Waals surface area contributed by atoms with Gasteiger partial charge >= 0.3 is 0 Å². The van der Waals surface area contributed by atoms with Crippen molar-refractivity contribution in [2.45, 2.75) is 33.2 Å². The summed E-state index contributed by atoms with van der Waals surface area (Å²) in [5.74, 6) is -0.877. The zero-order chi connectivity index (χ0) is 18.4. The van der Waals surface area contributed by atoms with E-state index in [9.17, 15) is 14.0 Å². The Hall–Kier alpha value is -2.69. The van der Waals surface area contributed by atoms with Gasteiger partial charge in [0.1, 0.15) is 12.4 Å². The van der Waals surface area contributed by atoms with E-state index in [1.54, 1.807) is 12.1 Å². The van der Waals surface area contributed by atoms with E-state index >= 15 is 0 Å². The number of benzene rings is 2. The molecule has 0 aliphatic heterocycles. The Morgan fingerprint density at radius 1 is 1.04 bits per heavy atom. The lowest BCUT2D eigenvalue weighted by atomic mass is 10.1. The van der Waals surface area contributed by atoms with Crippen LogP contribution in [0, 0.1) is 5.82 Å². The lowest BCUT2D eigenvalue weighted by Crippen LogP contribution is -2.42. The lowest BCUT2D eigenvalue weighted by molar-refractivity contribution is -0.117. The van der Waals surface area contributed by atoms with Crippen molar-refractivity contribution in [2.75, 3.05) is 11.9 Å². The molecule has 0 saturated carbocycles. The molecule has 2 amide bonds. The molecule has 0 atom stereocenters. The third-order valence-electron chi connectivity index (χ3n) is 3.94. The normalized spacial score (nSPS) is 10.6. The van der Waals surface area contributed by atoms with Gasteiger partial charge in [-0.05, 0) is 62.2 Å². The van der Waals surface area contributed by atoms with Crippen molar-refractivity contribution in [1.82, 2.24) is 4.90 Å². The van der Waals surface area contributed by atoms with Gasteiger partial charge < -0.3 is 10.2 Å². The minimum atomic E-state index is -0.368. The summed E-state index contributed by atoms with van der Waals surface area (Å²) in [6, 6.07) is 12.8. The number of nitrogens with one attached hydrogen (secondary N) is 1. The van der Waals surface area contributed by atoms with Crippen molar-refractivity contribution in [3.05, 3.63) is 65.5 Å². The maximum atomic E-state index is 12.9. The van der Waals surface area contributed by atoms with Crippen LogP contribution in [0.1, 0.15) is 36.7 Å². The largest absolute Gasteiger partial charge is 0.327 e. The van der Waals surface area contributed by atoms with Crippen molar-refractivity contribution in [3.8, 4) is 0 Å². The van der Waals surface area contributed by atoms with Crippen molar-refractivity contribution < 1.29 is 14.0 Å². The number of hydrogen-bond donors (Lipinski definition) is 1. The molecule has 2 rings (SSSR count). The van der Waals surface area contributed by atoms with E-state index in [4.69, 9.17) is 0 Å². The number of amides is 2. The molecule has 4 nitrogen and oxygen atoms in total. The van der Waals surface area contributed by atoms with Crippen LogP contribution in [-0.4, -0.2) is 29.3 Å². The summed E-state index contributed by atoms with van der Waals surface area (Å²) in [4.78, 5) is 26.5. The number of carbonyl (C=O) groups is 2. The Balaban J connectivity index is 2.07. The third-order valence-corrected chi connectivity index (χ3v) is 3.94. The zero-order valence-corrected chi connectivity index (χ0v) is 14.8. The van der Waals surface area contributed by atoms with Gasteiger partial charge in [0.15, 0.2) is 0 Å². The summed E-state index contributed by atoms with van der Waals surface area (Å²) in [5, 5.41) is 2.68. The van der Waals surface area contributed by atoms with Crippen LogP contribution in [0.5, 0.6) is 0 Å². The molecule has 2 aromatic rings. The van der Waals surface area contributed by atoms with Gasteiger partial charge in [-0.2, -0.15) is 0 Å². The van der Waals surface area contributed by atoms with Crippen LogP contribution in [0.15, 0.2) is 48.5 Å². The molecule has 0 aliphatic carbocycles. The number of hydrogen-bond acceptors (Lipinski definition) is 2. The van der Waals surface area contributed by atoms with E-state index in [-0.39, 0.29) is 30.2 Å². The van der Waals surface area contributed by atoms with Gasteiger partial charge in [-0.25, -0.2) is 4.39 Å². The second-order valence-electron chi connectivity index (χ2n) is 6.13. The minimum absolute atomic E-state index is 0.0661. The van der Waals surface area contributed by atoms with Crippen molar-refractivity contribution >= 4 is 17.5 Å². The fraction of sp³-hybridized carbons (Fsp3) is 0.300. The van der Waals surface area contributed by atoms with E-state index in [2.05, 4.69) is 12.2 Å².